The summed E-state index contributed by atoms with van der Waals surface area (Å²) in [6.45, 7) is 0. The van der Waals surface area contributed by atoms with E-state index in [4.69, 9.17) is 13.9 Å². The summed E-state index contributed by atoms with van der Waals surface area (Å²) in [6, 6.07) is 44.4. The first-order valence-corrected chi connectivity index (χ1v) is 14.7. The lowest BCUT2D eigenvalue weighted by molar-refractivity contribution is 0.466. The second-order valence-electron chi connectivity index (χ2n) is 10.2. The molecule has 40 heavy (non-hydrogen) atoms. The largest absolute Gasteiger partial charge is 0.456 e. The Morgan fingerprint density at radius 1 is 0.450 bits per heavy atom. The van der Waals surface area contributed by atoms with Crippen LogP contribution in [0, 0.1) is 0 Å². The number of hydrogen-bond acceptors (Lipinski definition) is 3. The molecule has 6 aromatic carbocycles. The van der Waals surface area contributed by atoms with Crippen LogP contribution >= 0.6 is 7.92 Å². The molecule has 0 amide bonds. The van der Waals surface area contributed by atoms with Crippen LogP contribution in [0.15, 0.2) is 132 Å². The normalized spacial score (nSPS) is 14.7. The summed E-state index contributed by atoms with van der Waals surface area (Å²) in [5.41, 5.74) is 6.38. The second kappa shape index (κ2) is 8.32. The molecule has 0 saturated heterocycles. The van der Waals surface area contributed by atoms with Crippen molar-refractivity contribution in [1.82, 2.24) is 0 Å². The topological polar surface area (TPSA) is 31.6 Å². The van der Waals surface area contributed by atoms with E-state index in [1.165, 1.54) is 10.6 Å². The first kappa shape index (κ1) is 22.0. The molecule has 188 valence electrons. The Labute approximate surface area is 232 Å². The van der Waals surface area contributed by atoms with Crippen LogP contribution in [0.3, 0.4) is 0 Å². The molecule has 1 aromatic heterocycles. The molecule has 0 saturated carbocycles. The van der Waals surface area contributed by atoms with Gasteiger partial charge in [0.05, 0.1) is 5.30 Å². The van der Waals surface area contributed by atoms with Gasteiger partial charge in [-0.25, -0.2) is 0 Å². The summed E-state index contributed by atoms with van der Waals surface area (Å²) in [5, 5.41) is 5.88. The predicted molar refractivity (Wildman–Crippen MR) is 163 cm³/mol. The van der Waals surface area contributed by atoms with Crippen molar-refractivity contribution in [3.8, 4) is 45.3 Å². The monoisotopic (exact) mass is 532 g/mol. The molecule has 0 radical (unpaired) electrons. The Morgan fingerprint density at radius 2 is 1.12 bits per heavy atom. The van der Waals surface area contributed by atoms with E-state index in [0.717, 1.165) is 72.5 Å². The van der Waals surface area contributed by atoms with Crippen molar-refractivity contribution >= 4 is 45.8 Å². The number of fused-ring (bicyclic) bond motifs is 7. The summed E-state index contributed by atoms with van der Waals surface area (Å²) >= 11 is 0. The summed E-state index contributed by atoms with van der Waals surface area (Å²) in [7, 11) is -0.810. The van der Waals surface area contributed by atoms with Crippen molar-refractivity contribution in [3.05, 3.63) is 127 Å². The second-order valence-corrected chi connectivity index (χ2v) is 12.2. The van der Waals surface area contributed by atoms with Crippen LogP contribution in [-0.4, -0.2) is 0 Å². The minimum absolute atomic E-state index is 0.810. The van der Waals surface area contributed by atoms with E-state index in [1.54, 1.807) is 0 Å². The average molecular weight is 533 g/mol. The van der Waals surface area contributed by atoms with E-state index >= 15 is 0 Å². The average Bonchev–Trinajstić information content (AvgIpc) is 3.40. The first-order valence-electron chi connectivity index (χ1n) is 13.3. The van der Waals surface area contributed by atoms with Crippen LogP contribution in [0.1, 0.15) is 0 Å². The van der Waals surface area contributed by atoms with Gasteiger partial charge in [-0.15, -0.1) is 0 Å². The molecule has 0 aliphatic carbocycles. The van der Waals surface area contributed by atoms with Crippen LogP contribution in [-0.2, 0) is 0 Å². The third-order valence-corrected chi connectivity index (χ3v) is 10.4. The lowest BCUT2D eigenvalue weighted by Gasteiger charge is -2.34. The number of furan rings is 1. The van der Waals surface area contributed by atoms with Gasteiger partial charge in [0.25, 0.3) is 0 Å². The molecule has 2 aliphatic rings. The number of para-hydroxylation sites is 3. The summed E-state index contributed by atoms with van der Waals surface area (Å²) in [6.07, 6.45) is 0. The predicted octanol–water partition coefficient (Wildman–Crippen LogP) is 8.89. The Morgan fingerprint density at radius 3 is 2.05 bits per heavy atom. The standard InChI is InChI=1S/C36H21O3P/c1-2-13-28-26(10-1)27-12-6-11-25(35(27)39-28)24-9-5-8-22(20-24)23-18-19-30-34(21-23)40-33-17-4-3-14-29(33)37-31-15-7-16-32(38-30)36(31)40/h1-21H. The molecule has 0 N–H and O–H groups in total. The van der Waals surface area contributed by atoms with Crippen LogP contribution in [0.5, 0.6) is 23.0 Å². The highest BCUT2D eigenvalue weighted by Gasteiger charge is 2.36. The molecule has 0 spiro atoms. The van der Waals surface area contributed by atoms with Gasteiger partial charge < -0.3 is 13.9 Å². The lowest BCUT2D eigenvalue weighted by Crippen LogP contribution is -2.31. The van der Waals surface area contributed by atoms with Gasteiger partial charge in [0, 0.05) is 34.9 Å². The highest BCUT2D eigenvalue weighted by Crippen LogP contribution is 2.52. The van der Waals surface area contributed by atoms with Gasteiger partial charge in [0.2, 0.25) is 0 Å². The van der Waals surface area contributed by atoms with E-state index in [2.05, 4.69) is 91.0 Å². The molecular weight excluding hydrogens is 511 g/mol. The lowest BCUT2D eigenvalue weighted by atomic mass is 9.97. The molecule has 1 atom stereocenters. The number of hydrogen-bond donors (Lipinski definition) is 0. The van der Waals surface area contributed by atoms with Crippen molar-refractivity contribution in [2.75, 3.05) is 0 Å². The summed E-state index contributed by atoms with van der Waals surface area (Å²) in [4.78, 5) is 0. The number of ether oxygens (including phenoxy) is 2. The van der Waals surface area contributed by atoms with Gasteiger partial charge in [0.1, 0.15) is 34.2 Å². The summed E-state index contributed by atoms with van der Waals surface area (Å²) < 4.78 is 19.1. The van der Waals surface area contributed by atoms with Crippen LogP contribution in [0.2, 0.25) is 0 Å². The first-order chi connectivity index (χ1) is 19.8. The molecule has 1 unspecified atom stereocenters. The maximum Gasteiger partial charge on any atom is 0.143 e. The van der Waals surface area contributed by atoms with Gasteiger partial charge in [-0.3, -0.25) is 0 Å². The van der Waals surface area contributed by atoms with E-state index in [-0.39, 0.29) is 0 Å². The van der Waals surface area contributed by atoms with Crippen molar-refractivity contribution in [2.24, 2.45) is 0 Å². The van der Waals surface area contributed by atoms with E-state index in [9.17, 15) is 0 Å². The molecule has 4 heteroatoms. The minimum atomic E-state index is -0.810. The number of rotatable bonds is 2. The molecule has 2 aliphatic heterocycles. The van der Waals surface area contributed by atoms with E-state index in [0.29, 0.717) is 0 Å². The molecule has 3 heterocycles. The fourth-order valence-electron chi connectivity index (χ4n) is 6.02. The molecule has 7 aromatic rings. The Balaban J connectivity index is 1.19. The third kappa shape index (κ3) is 3.16. The van der Waals surface area contributed by atoms with Gasteiger partial charge >= 0.3 is 0 Å². The summed E-state index contributed by atoms with van der Waals surface area (Å²) in [5.74, 6) is 3.62. The highest BCUT2D eigenvalue weighted by atomic mass is 31.1. The Bertz CT molecular complexity index is 2130. The minimum Gasteiger partial charge on any atom is -0.456 e. The molecule has 0 fully saturated rings. The van der Waals surface area contributed by atoms with E-state index < -0.39 is 7.92 Å². The quantitative estimate of drug-likeness (QED) is 0.208. The zero-order valence-electron chi connectivity index (χ0n) is 21.3. The fraction of sp³-hybridized carbons (Fsp3) is 0. The molecule has 9 rings (SSSR count). The van der Waals surface area contributed by atoms with Gasteiger partial charge in [0.15, 0.2) is 0 Å². The van der Waals surface area contributed by atoms with Crippen LogP contribution in [0.25, 0.3) is 44.2 Å². The maximum absolute atomic E-state index is 6.42. The zero-order valence-corrected chi connectivity index (χ0v) is 22.2. The van der Waals surface area contributed by atoms with Gasteiger partial charge in [-0.2, -0.15) is 0 Å². The number of benzene rings is 6. The van der Waals surface area contributed by atoms with Gasteiger partial charge in [-0.05, 0) is 59.2 Å². The Hall–Kier alpha value is -4.85. The van der Waals surface area contributed by atoms with Crippen molar-refractivity contribution in [1.29, 1.82) is 0 Å². The van der Waals surface area contributed by atoms with Gasteiger partial charge in [-0.1, -0.05) is 84.9 Å². The molecule has 3 nitrogen and oxygen atoms in total. The van der Waals surface area contributed by atoms with Crippen LogP contribution < -0.4 is 25.4 Å². The van der Waals surface area contributed by atoms with Crippen LogP contribution in [0.4, 0.5) is 0 Å². The zero-order chi connectivity index (χ0) is 26.2. The highest BCUT2D eigenvalue weighted by molar-refractivity contribution is 7.80. The fourth-order valence-corrected chi connectivity index (χ4v) is 8.63. The van der Waals surface area contributed by atoms with Crippen molar-refractivity contribution in [3.63, 3.8) is 0 Å². The molecule has 0 bridgehead atoms. The van der Waals surface area contributed by atoms with E-state index in [1.807, 2.05) is 36.4 Å². The Kier molecular flexibility index (Phi) is 4.58. The van der Waals surface area contributed by atoms with Crippen molar-refractivity contribution in [2.45, 2.75) is 0 Å². The third-order valence-electron chi connectivity index (χ3n) is 7.84. The molecular formula is C36H21O3P. The maximum atomic E-state index is 6.42. The SMILES string of the molecule is c1cc(-c2ccc3c(c2)P2c4ccccc4Oc4cccc(c42)O3)cc(-c2cccc3c2oc2ccccc23)c1. The van der Waals surface area contributed by atoms with Crippen molar-refractivity contribution < 1.29 is 13.9 Å². The smallest absolute Gasteiger partial charge is 0.143 e.